The number of carbonyl (C=O) groups excluding carboxylic acids is 2. The summed E-state index contributed by atoms with van der Waals surface area (Å²) in [5.41, 5.74) is 1.62. The molecular weight excluding hydrogens is 434 g/mol. The summed E-state index contributed by atoms with van der Waals surface area (Å²) in [4.78, 5) is 29.0. The lowest BCUT2D eigenvalue weighted by Gasteiger charge is -2.55. The van der Waals surface area contributed by atoms with Gasteiger partial charge in [-0.05, 0) is 92.7 Å². The molecule has 4 aliphatic rings. The van der Waals surface area contributed by atoms with E-state index in [0.29, 0.717) is 22.1 Å². The molecule has 3 aromatic rings. The van der Waals surface area contributed by atoms with Crippen LogP contribution in [0.1, 0.15) is 64.4 Å². The fraction of sp³-hybridized carbons (Fsp3) is 0.400. The fourth-order valence-corrected chi connectivity index (χ4v) is 7.38. The van der Waals surface area contributed by atoms with Gasteiger partial charge in [0.2, 0.25) is 5.13 Å². The lowest BCUT2D eigenvalue weighted by Crippen LogP contribution is -2.48. The van der Waals surface area contributed by atoms with Crippen molar-refractivity contribution >= 4 is 34.0 Å². The summed E-state index contributed by atoms with van der Waals surface area (Å²) in [5, 5.41) is 16.2. The topological polar surface area (TPSA) is 96.9 Å². The molecule has 0 unspecified atom stereocenters. The van der Waals surface area contributed by atoms with Crippen LogP contribution in [0.2, 0.25) is 0 Å². The van der Waals surface area contributed by atoms with Gasteiger partial charge < -0.3 is 5.32 Å². The molecular formula is C25H25N5O2S. The lowest BCUT2D eigenvalue weighted by atomic mass is 9.50. The molecule has 2 heterocycles. The molecule has 4 fully saturated rings. The Bertz CT molecular complexity index is 1160. The van der Waals surface area contributed by atoms with Crippen molar-refractivity contribution < 1.29 is 9.59 Å². The minimum atomic E-state index is -0.293. The highest BCUT2D eigenvalue weighted by atomic mass is 32.1. The number of rotatable bonds is 5. The lowest BCUT2D eigenvalue weighted by molar-refractivity contribution is -0.00555. The van der Waals surface area contributed by atoms with Crippen LogP contribution in [0.5, 0.6) is 0 Å². The number of aromatic nitrogens is 3. The number of anilines is 2. The minimum Gasteiger partial charge on any atom is -0.321 e. The zero-order valence-corrected chi connectivity index (χ0v) is 19.0. The number of nitrogens with one attached hydrogen (secondary N) is 2. The van der Waals surface area contributed by atoms with Crippen molar-refractivity contribution in [3.05, 3.63) is 64.9 Å². The first kappa shape index (κ1) is 20.5. The largest absolute Gasteiger partial charge is 0.321 e. The average Bonchev–Trinajstić information content (AvgIpc) is 3.29. The Hall–Kier alpha value is -3.13. The van der Waals surface area contributed by atoms with E-state index in [0.717, 1.165) is 22.8 Å². The van der Waals surface area contributed by atoms with Gasteiger partial charge in [0.05, 0.1) is 0 Å². The molecule has 1 aromatic carbocycles. The second-order valence-corrected chi connectivity index (χ2v) is 10.8. The number of amides is 2. The smallest absolute Gasteiger partial charge is 0.274 e. The zero-order chi connectivity index (χ0) is 22.4. The van der Waals surface area contributed by atoms with Crippen molar-refractivity contribution in [3.8, 4) is 0 Å². The highest BCUT2D eigenvalue weighted by molar-refractivity contribution is 7.15. The van der Waals surface area contributed by atoms with E-state index in [-0.39, 0.29) is 17.2 Å². The van der Waals surface area contributed by atoms with Gasteiger partial charge >= 0.3 is 0 Å². The Morgan fingerprint density at radius 2 is 1.55 bits per heavy atom. The molecule has 2 aromatic heterocycles. The summed E-state index contributed by atoms with van der Waals surface area (Å²) in [7, 11) is 0. The molecule has 0 aliphatic heterocycles. The van der Waals surface area contributed by atoms with E-state index in [1.807, 2.05) is 0 Å². The molecule has 8 heteroatoms. The number of hydrogen-bond acceptors (Lipinski definition) is 6. The fourth-order valence-electron chi connectivity index (χ4n) is 6.43. The van der Waals surface area contributed by atoms with Crippen molar-refractivity contribution in [1.29, 1.82) is 0 Å². The number of benzene rings is 1. The van der Waals surface area contributed by atoms with Gasteiger partial charge in [-0.15, -0.1) is 10.2 Å². The minimum absolute atomic E-state index is 0.183. The zero-order valence-electron chi connectivity index (χ0n) is 18.2. The Morgan fingerprint density at radius 1 is 0.848 bits per heavy atom. The quantitative estimate of drug-likeness (QED) is 0.565. The molecule has 7 rings (SSSR count). The van der Waals surface area contributed by atoms with E-state index in [9.17, 15) is 9.59 Å². The third-order valence-electron chi connectivity index (χ3n) is 7.44. The van der Waals surface area contributed by atoms with Gasteiger partial charge in [0.1, 0.15) is 10.7 Å². The van der Waals surface area contributed by atoms with Gasteiger partial charge in [0.25, 0.3) is 11.8 Å². The van der Waals surface area contributed by atoms with E-state index in [4.69, 9.17) is 0 Å². The molecule has 4 aliphatic carbocycles. The van der Waals surface area contributed by atoms with Crippen molar-refractivity contribution in [1.82, 2.24) is 15.2 Å². The van der Waals surface area contributed by atoms with Crippen LogP contribution in [0.15, 0.2) is 48.7 Å². The van der Waals surface area contributed by atoms with Gasteiger partial charge in [-0.3, -0.25) is 19.9 Å². The Kier molecular flexibility index (Phi) is 4.98. The van der Waals surface area contributed by atoms with Crippen LogP contribution in [-0.2, 0) is 5.41 Å². The van der Waals surface area contributed by atoms with Gasteiger partial charge in [-0.2, -0.15) is 0 Å². The first-order valence-electron chi connectivity index (χ1n) is 11.5. The van der Waals surface area contributed by atoms with E-state index < -0.39 is 0 Å². The molecule has 4 saturated carbocycles. The number of carbonyl (C=O) groups is 2. The van der Waals surface area contributed by atoms with E-state index in [2.05, 4.69) is 25.8 Å². The molecule has 4 bridgehead atoms. The van der Waals surface area contributed by atoms with Gasteiger partial charge in [0, 0.05) is 22.9 Å². The van der Waals surface area contributed by atoms with Crippen LogP contribution in [0, 0.1) is 17.8 Å². The van der Waals surface area contributed by atoms with Crippen LogP contribution >= 0.6 is 11.3 Å². The average molecular weight is 460 g/mol. The third-order valence-corrected chi connectivity index (χ3v) is 8.52. The maximum atomic E-state index is 12.8. The van der Waals surface area contributed by atoms with E-state index in [1.165, 1.54) is 49.9 Å². The normalized spacial score (nSPS) is 27.3. The highest BCUT2D eigenvalue weighted by Crippen LogP contribution is 2.61. The maximum absolute atomic E-state index is 12.8. The van der Waals surface area contributed by atoms with Crippen molar-refractivity contribution in [2.75, 3.05) is 10.6 Å². The molecule has 0 atom stereocenters. The molecule has 2 N–H and O–H groups in total. The third kappa shape index (κ3) is 3.93. The van der Waals surface area contributed by atoms with E-state index >= 15 is 0 Å². The Morgan fingerprint density at radius 3 is 2.18 bits per heavy atom. The van der Waals surface area contributed by atoms with Crippen LogP contribution in [0.25, 0.3) is 0 Å². The molecule has 0 radical (unpaired) electrons. The first-order valence-corrected chi connectivity index (χ1v) is 12.4. The number of hydrogen-bond donors (Lipinski definition) is 2. The van der Waals surface area contributed by atoms with Crippen molar-refractivity contribution in [2.24, 2.45) is 17.8 Å². The van der Waals surface area contributed by atoms with Crippen LogP contribution < -0.4 is 10.6 Å². The van der Waals surface area contributed by atoms with Crippen LogP contribution in [-0.4, -0.2) is 27.0 Å². The molecule has 0 saturated heterocycles. The predicted molar refractivity (Wildman–Crippen MR) is 126 cm³/mol. The predicted octanol–water partition coefficient (Wildman–Crippen LogP) is 4.91. The summed E-state index contributed by atoms with van der Waals surface area (Å²) in [6.07, 6.45) is 9.43. The molecule has 168 valence electrons. The Balaban J connectivity index is 1.11. The number of nitrogens with zero attached hydrogens (tertiary/aromatic N) is 3. The highest BCUT2D eigenvalue weighted by Gasteiger charge is 2.53. The summed E-state index contributed by atoms with van der Waals surface area (Å²) >= 11 is 1.54. The van der Waals surface area contributed by atoms with Crippen molar-refractivity contribution in [3.63, 3.8) is 0 Å². The van der Waals surface area contributed by atoms with Gasteiger partial charge in [-0.1, -0.05) is 17.4 Å². The summed E-state index contributed by atoms with van der Waals surface area (Å²) in [6, 6.07) is 11.9. The van der Waals surface area contributed by atoms with E-state index in [1.54, 1.807) is 48.7 Å². The SMILES string of the molecule is O=C(Nc1nnc(C23CC4CC(CC(C4)C2)C3)s1)c1ccc(NC(=O)c2ccccn2)cc1. The number of pyridine rings is 1. The molecule has 7 nitrogen and oxygen atoms in total. The maximum Gasteiger partial charge on any atom is 0.274 e. The summed E-state index contributed by atoms with van der Waals surface area (Å²) in [5.74, 6) is 2.00. The van der Waals surface area contributed by atoms with Crippen LogP contribution in [0.4, 0.5) is 10.8 Å². The van der Waals surface area contributed by atoms with Gasteiger partial charge in [-0.25, -0.2) is 0 Å². The molecule has 2 amide bonds. The van der Waals surface area contributed by atoms with Crippen LogP contribution in [0.3, 0.4) is 0 Å². The summed E-state index contributed by atoms with van der Waals surface area (Å²) < 4.78 is 0. The van der Waals surface area contributed by atoms with Crippen molar-refractivity contribution in [2.45, 2.75) is 43.9 Å². The Labute approximate surface area is 196 Å². The standard InChI is InChI=1S/C25H25N5O2S/c31-21(18-4-6-19(7-5-18)27-22(32)20-3-1-2-8-26-20)28-24-30-29-23(33-24)25-12-15-9-16(13-25)11-17(10-15)14-25/h1-8,15-17H,9-14H2,(H,27,32)(H,28,30,31). The summed E-state index contributed by atoms with van der Waals surface area (Å²) in [6.45, 7) is 0. The molecule has 0 spiro atoms. The van der Waals surface area contributed by atoms with Gasteiger partial charge in [0.15, 0.2) is 0 Å². The second kappa shape index (κ2) is 8.02. The first-order chi connectivity index (χ1) is 16.1. The molecule has 33 heavy (non-hydrogen) atoms. The second-order valence-electron chi connectivity index (χ2n) is 9.81. The monoisotopic (exact) mass is 459 g/mol.